The van der Waals surface area contributed by atoms with E-state index in [1.807, 2.05) is 37.3 Å². The summed E-state index contributed by atoms with van der Waals surface area (Å²) < 4.78 is 1.71. The Balaban J connectivity index is 1.64. The number of halogens is 1. The molecule has 0 bridgehead atoms. The lowest BCUT2D eigenvalue weighted by Gasteiger charge is -2.07. The highest BCUT2D eigenvalue weighted by molar-refractivity contribution is 6.32. The van der Waals surface area contributed by atoms with Crippen LogP contribution in [0.3, 0.4) is 0 Å². The van der Waals surface area contributed by atoms with Crippen molar-refractivity contribution in [1.82, 2.24) is 19.8 Å². The fraction of sp³-hybridized carbons (Fsp3) is 0.105. The standard InChI is InChI=1S/C19H16ClN5O/c1-12-3-2-4-14(9-12)21-17-7-8-18-22-23-19(25(18)24-17)11-13-5-6-16(26)15(20)10-13/h2-10,26H,11H2,1H3,(H,21,24). The maximum atomic E-state index is 9.55. The highest BCUT2D eigenvalue weighted by atomic mass is 35.5. The predicted molar refractivity (Wildman–Crippen MR) is 101 cm³/mol. The van der Waals surface area contributed by atoms with Crippen molar-refractivity contribution in [2.45, 2.75) is 13.3 Å². The van der Waals surface area contributed by atoms with Gasteiger partial charge in [-0.3, -0.25) is 0 Å². The number of aromatic hydroxyl groups is 1. The summed E-state index contributed by atoms with van der Waals surface area (Å²) in [6.07, 6.45) is 0.502. The fourth-order valence-electron chi connectivity index (χ4n) is 2.72. The predicted octanol–water partition coefficient (Wildman–Crippen LogP) is 4.13. The molecular formula is C19H16ClN5O. The van der Waals surface area contributed by atoms with Gasteiger partial charge in [0.2, 0.25) is 0 Å². The van der Waals surface area contributed by atoms with Gasteiger partial charge in [-0.15, -0.1) is 15.3 Å². The molecule has 4 rings (SSSR count). The molecule has 4 aromatic rings. The summed E-state index contributed by atoms with van der Waals surface area (Å²) in [5, 5.41) is 26.1. The largest absolute Gasteiger partial charge is 0.506 e. The first-order chi connectivity index (χ1) is 12.6. The van der Waals surface area contributed by atoms with E-state index in [0.29, 0.717) is 28.7 Å². The van der Waals surface area contributed by atoms with Gasteiger partial charge in [0.15, 0.2) is 17.3 Å². The highest BCUT2D eigenvalue weighted by Crippen LogP contribution is 2.25. The molecule has 0 saturated heterocycles. The minimum absolute atomic E-state index is 0.0595. The number of aromatic nitrogens is 4. The van der Waals surface area contributed by atoms with Crippen LogP contribution in [0.5, 0.6) is 5.75 Å². The van der Waals surface area contributed by atoms with Gasteiger partial charge in [0, 0.05) is 12.1 Å². The van der Waals surface area contributed by atoms with E-state index in [-0.39, 0.29) is 5.75 Å². The van der Waals surface area contributed by atoms with Crippen LogP contribution in [0.2, 0.25) is 5.02 Å². The normalized spacial score (nSPS) is 11.0. The van der Waals surface area contributed by atoms with Crippen molar-refractivity contribution in [1.29, 1.82) is 0 Å². The number of rotatable bonds is 4. The van der Waals surface area contributed by atoms with E-state index in [1.165, 1.54) is 5.56 Å². The fourth-order valence-corrected chi connectivity index (χ4v) is 2.93. The van der Waals surface area contributed by atoms with Crippen LogP contribution in [0.4, 0.5) is 11.5 Å². The molecule has 0 aliphatic heterocycles. The minimum atomic E-state index is 0.0595. The lowest BCUT2D eigenvalue weighted by molar-refractivity contribution is 0.475. The summed E-state index contributed by atoms with van der Waals surface area (Å²) in [6, 6.07) is 16.9. The summed E-state index contributed by atoms with van der Waals surface area (Å²) in [4.78, 5) is 0. The van der Waals surface area contributed by atoms with Gasteiger partial charge in [0.25, 0.3) is 0 Å². The Morgan fingerprint density at radius 1 is 1.08 bits per heavy atom. The van der Waals surface area contributed by atoms with Crippen molar-refractivity contribution < 1.29 is 5.11 Å². The van der Waals surface area contributed by atoms with E-state index in [1.54, 1.807) is 22.7 Å². The third-order valence-corrected chi connectivity index (χ3v) is 4.29. The molecule has 2 N–H and O–H groups in total. The SMILES string of the molecule is Cc1cccc(Nc2ccc3nnc(Cc4ccc(O)c(Cl)c4)n3n2)c1. The lowest BCUT2D eigenvalue weighted by atomic mass is 10.1. The van der Waals surface area contributed by atoms with Crippen LogP contribution in [0, 0.1) is 6.92 Å². The number of nitrogens with one attached hydrogen (secondary N) is 1. The maximum Gasteiger partial charge on any atom is 0.178 e. The van der Waals surface area contributed by atoms with Crippen molar-refractivity contribution in [3.05, 3.63) is 76.6 Å². The van der Waals surface area contributed by atoms with Crippen molar-refractivity contribution in [2.24, 2.45) is 0 Å². The molecule has 0 unspecified atom stereocenters. The zero-order chi connectivity index (χ0) is 18.1. The molecule has 0 saturated carbocycles. The third kappa shape index (κ3) is 3.32. The zero-order valence-corrected chi connectivity index (χ0v) is 14.8. The van der Waals surface area contributed by atoms with Gasteiger partial charge >= 0.3 is 0 Å². The van der Waals surface area contributed by atoms with Gasteiger partial charge in [-0.25, -0.2) is 0 Å². The van der Waals surface area contributed by atoms with Crippen LogP contribution in [-0.2, 0) is 6.42 Å². The minimum Gasteiger partial charge on any atom is -0.506 e. The molecule has 0 fully saturated rings. The molecule has 0 radical (unpaired) electrons. The van der Waals surface area contributed by atoms with Crippen LogP contribution >= 0.6 is 11.6 Å². The van der Waals surface area contributed by atoms with Gasteiger partial charge in [-0.05, 0) is 54.4 Å². The monoisotopic (exact) mass is 365 g/mol. The molecule has 26 heavy (non-hydrogen) atoms. The Morgan fingerprint density at radius 2 is 1.96 bits per heavy atom. The van der Waals surface area contributed by atoms with E-state index in [9.17, 15) is 5.11 Å². The Bertz CT molecular complexity index is 1090. The molecule has 2 aromatic heterocycles. The average Bonchev–Trinajstić information content (AvgIpc) is 3.01. The number of hydrogen-bond acceptors (Lipinski definition) is 5. The summed E-state index contributed by atoms with van der Waals surface area (Å²) in [5.41, 5.74) is 3.72. The van der Waals surface area contributed by atoms with Crippen LogP contribution in [0.15, 0.2) is 54.6 Å². The average molecular weight is 366 g/mol. The number of benzene rings is 2. The summed E-state index contributed by atoms with van der Waals surface area (Å²) in [6.45, 7) is 2.04. The van der Waals surface area contributed by atoms with E-state index >= 15 is 0 Å². The van der Waals surface area contributed by atoms with Gasteiger partial charge < -0.3 is 10.4 Å². The number of aryl methyl sites for hydroxylation is 1. The molecule has 6 nitrogen and oxygen atoms in total. The van der Waals surface area contributed by atoms with Crippen LogP contribution in [0.25, 0.3) is 5.65 Å². The van der Waals surface area contributed by atoms with Crippen LogP contribution < -0.4 is 5.32 Å². The van der Waals surface area contributed by atoms with Crippen LogP contribution in [-0.4, -0.2) is 24.9 Å². The van der Waals surface area contributed by atoms with Crippen molar-refractivity contribution in [3.63, 3.8) is 0 Å². The molecule has 2 heterocycles. The van der Waals surface area contributed by atoms with E-state index in [2.05, 4.69) is 26.7 Å². The van der Waals surface area contributed by atoms with Gasteiger partial charge in [0.05, 0.1) is 5.02 Å². The number of phenols is 1. The lowest BCUT2D eigenvalue weighted by Crippen LogP contribution is -2.03. The first kappa shape index (κ1) is 16.4. The Morgan fingerprint density at radius 3 is 2.77 bits per heavy atom. The second-order valence-electron chi connectivity index (χ2n) is 6.06. The van der Waals surface area contributed by atoms with E-state index in [0.717, 1.165) is 11.3 Å². The summed E-state index contributed by atoms with van der Waals surface area (Å²) in [5.74, 6) is 1.45. The third-order valence-electron chi connectivity index (χ3n) is 3.99. The quantitative estimate of drug-likeness (QED) is 0.568. The van der Waals surface area contributed by atoms with Crippen LogP contribution in [0.1, 0.15) is 17.0 Å². The maximum absolute atomic E-state index is 9.55. The van der Waals surface area contributed by atoms with Gasteiger partial charge in [-0.1, -0.05) is 29.8 Å². The number of fused-ring (bicyclic) bond motifs is 1. The van der Waals surface area contributed by atoms with Gasteiger partial charge in [0.1, 0.15) is 5.75 Å². The molecule has 2 aromatic carbocycles. The number of phenolic OH excluding ortho intramolecular Hbond substituents is 1. The Hall–Kier alpha value is -3.12. The second-order valence-corrected chi connectivity index (χ2v) is 6.47. The topological polar surface area (TPSA) is 75.3 Å². The molecule has 0 aliphatic rings. The first-order valence-corrected chi connectivity index (χ1v) is 8.49. The Labute approximate surface area is 155 Å². The summed E-state index contributed by atoms with van der Waals surface area (Å²) in [7, 11) is 0. The molecule has 0 atom stereocenters. The molecule has 0 amide bonds. The number of nitrogens with zero attached hydrogens (tertiary/aromatic N) is 4. The van der Waals surface area contributed by atoms with Crippen molar-refractivity contribution >= 4 is 28.8 Å². The number of anilines is 2. The summed E-state index contributed by atoms with van der Waals surface area (Å²) >= 11 is 5.98. The molecule has 130 valence electrons. The van der Waals surface area contributed by atoms with Gasteiger partial charge in [-0.2, -0.15) is 4.52 Å². The van der Waals surface area contributed by atoms with E-state index in [4.69, 9.17) is 11.6 Å². The number of hydrogen-bond donors (Lipinski definition) is 2. The van der Waals surface area contributed by atoms with E-state index < -0.39 is 0 Å². The Kier molecular flexibility index (Phi) is 4.18. The second kappa shape index (κ2) is 6.65. The van der Waals surface area contributed by atoms with Crippen molar-refractivity contribution in [2.75, 3.05) is 5.32 Å². The smallest absolute Gasteiger partial charge is 0.178 e. The molecule has 0 aliphatic carbocycles. The molecular weight excluding hydrogens is 350 g/mol. The highest BCUT2D eigenvalue weighted by Gasteiger charge is 2.10. The zero-order valence-electron chi connectivity index (χ0n) is 14.0. The van der Waals surface area contributed by atoms with Crippen molar-refractivity contribution in [3.8, 4) is 5.75 Å². The molecule has 7 heteroatoms. The first-order valence-electron chi connectivity index (χ1n) is 8.11. The molecule has 0 spiro atoms.